The summed E-state index contributed by atoms with van der Waals surface area (Å²) in [5.41, 5.74) is 0. The van der Waals surface area contributed by atoms with E-state index in [1.165, 1.54) is 12.8 Å². The summed E-state index contributed by atoms with van der Waals surface area (Å²) >= 11 is 0. The van der Waals surface area contributed by atoms with Gasteiger partial charge < -0.3 is 4.90 Å². The van der Waals surface area contributed by atoms with Gasteiger partial charge in [-0.1, -0.05) is 6.42 Å². The van der Waals surface area contributed by atoms with Gasteiger partial charge in [-0.15, -0.1) is 0 Å². The average molecular weight is 166 g/mol. The number of fused-ring (bicyclic) bond motifs is 1. The van der Waals surface area contributed by atoms with E-state index >= 15 is 0 Å². The van der Waals surface area contributed by atoms with Gasteiger partial charge in [0.25, 0.3) is 0 Å². The maximum Gasteiger partial charge on any atom is 0.229 e. The number of hydrogen-bond donors (Lipinski definition) is 0. The van der Waals surface area contributed by atoms with Crippen LogP contribution < -0.4 is 0 Å². The van der Waals surface area contributed by atoms with E-state index in [9.17, 15) is 4.79 Å². The van der Waals surface area contributed by atoms with Crippen molar-refractivity contribution in [2.45, 2.75) is 32.1 Å². The zero-order valence-corrected chi connectivity index (χ0v) is 7.25. The Bertz CT molecular complexity index is 223. The summed E-state index contributed by atoms with van der Waals surface area (Å²) in [6.45, 7) is 1.61. The largest absolute Gasteiger partial charge is 0.301 e. The van der Waals surface area contributed by atoms with Crippen LogP contribution in [0.1, 0.15) is 32.1 Å². The van der Waals surface area contributed by atoms with Crippen molar-refractivity contribution in [2.75, 3.05) is 13.1 Å². The third kappa shape index (κ3) is 1.36. The number of hydrogen-bond acceptors (Lipinski definition) is 2. The van der Waals surface area contributed by atoms with Crippen LogP contribution in [0, 0.1) is 0 Å². The van der Waals surface area contributed by atoms with E-state index in [-0.39, 0.29) is 5.91 Å². The van der Waals surface area contributed by atoms with Gasteiger partial charge in [0.1, 0.15) is 5.84 Å². The molecule has 0 saturated carbocycles. The summed E-state index contributed by atoms with van der Waals surface area (Å²) in [5.74, 6) is 1.32. The average Bonchev–Trinajstić information content (AvgIpc) is 2.30. The van der Waals surface area contributed by atoms with Gasteiger partial charge >= 0.3 is 0 Å². The van der Waals surface area contributed by atoms with Gasteiger partial charge in [0, 0.05) is 25.9 Å². The second-order valence-corrected chi connectivity index (χ2v) is 3.40. The Kier molecular flexibility index (Phi) is 2.11. The summed E-state index contributed by atoms with van der Waals surface area (Å²) in [4.78, 5) is 17.7. The zero-order chi connectivity index (χ0) is 8.39. The van der Waals surface area contributed by atoms with Crippen molar-refractivity contribution in [3.8, 4) is 0 Å². The topological polar surface area (TPSA) is 32.7 Å². The molecule has 2 aliphatic heterocycles. The quantitative estimate of drug-likeness (QED) is 0.532. The number of carbonyl (C=O) groups excluding carboxylic acids is 1. The highest BCUT2D eigenvalue weighted by molar-refractivity contribution is 6.00. The van der Waals surface area contributed by atoms with Crippen molar-refractivity contribution in [1.82, 2.24) is 4.90 Å². The van der Waals surface area contributed by atoms with Crippen LogP contribution in [0.2, 0.25) is 0 Å². The van der Waals surface area contributed by atoms with Gasteiger partial charge in [-0.3, -0.25) is 9.79 Å². The molecule has 0 radical (unpaired) electrons. The Morgan fingerprint density at radius 1 is 1.17 bits per heavy atom. The molecule has 3 nitrogen and oxygen atoms in total. The Morgan fingerprint density at radius 3 is 3.00 bits per heavy atom. The number of carbonyl (C=O) groups is 1. The fraction of sp³-hybridized carbons (Fsp3) is 0.778. The van der Waals surface area contributed by atoms with Crippen LogP contribution in [-0.4, -0.2) is 29.7 Å². The zero-order valence-electron chi connectivity index (χ0n) is 7.25. The maximum absolute atomic E-state index is 11.4. The molecule has 1 fully saturated rings. The molecule has 1 amide bonds. The summed E-state index contributed by atoms with van der Waals surface area (Å²) in [6, 6.07) is 0. The molecular weight excluding hydrogens is 152 g/mol. The smallest absolute Gasteiger partial charge is 0.229 e. The Balaban J connectivity index is 2.17. The van der Waals surface area contributed by atoms with Crippen molar-refractivity contribution in [3.05, 3.63) is 0 Å². The highest BCUT2D eigenvalue weighted by Crippen LogP contribution is 2.16. The van der Waals surface area contributed by atoms with Crippen LogP contribution in [0.25, 0.3) is 0 Å². The molecule has 0 unspecified atom stereocenters. The molecule has 0 aliphatic carbocycles. The number of amides is 1. The molecule has 1 saturated heterocycles. The molecule has 66 valence electrons. The molecule has 2 rings (SSSR count). The summed E-state index contributed by atoms with van der Waals surface area (Å²) in [6.07, 6.45) is 5.20. The lowest BCUT2D eigenvalue weighted by Crippen LogP contribution is -2.39. The van der Waals surface area contributed by atoms with E-state index in [1.54, 1.807) is 0 Å². The lowest BCUT2D eigenvalue weighted by atomic mass is 10.2. The first-order chi connectivity index (χ1) is 5.88. The van der Waals surface area contributed by atoms with Crippen LogP contribution in [0.3, 0.4) is 0 Å². The minimum Gasteiger partial charge on any atom is -0.301 e. The highest BCUT2D eigenvalue weighted by atomic mass is 16.2. The summed E-state index contributed by atoms with van der Waals surface area (Å²) in [7, 11) is 0. The predicted octanol–water partition coefficient (Wildman–Crippen LogP) is 1.19. The molecule has 12 heavy (non-hydrogen) atoms. The molecule has 0 aromatic rings. The Hall–Kier alpha value is -0.860. The minimum atomic E-state index is 0.280. The first-order valence-corrected chi connectivity index (χ1v) is 4.71. The van der Waals surface area contributed by atoms with E-state index < -0.39 is 0 Å². The molecule has 0 bridgehead atoms. The highest BCUT2D eigenvalue weighted by Gasteiger charge is 2.23. The maximum atomic E-state index is 11.4. The minimum absolute atomic E-state index is 0.280. The SMILES string of the molecule is O=C1CCN=C2CCCCCN12. The third-order valence-corrected chi connectivity index (χ3v) is 2.51. The monoisotopic (exact) mass is 166 g/mol. The first kappa shape index (κ1) is 7.77. The van der Waals surface area contributed by atoms with Gasteiger partial charge in [0.15, 0.2) is 0 Å². The van der Waals surface area contributed by atoms with E-state index in [4.69, 9.17) is 0 Å². The molecule has 0 aromatic heterocycles. The predicted molar refractivity (Wildman–Crippen MR) is 47.1 cm³/mol. The molecule has 2 heterocycles. The summed E-state index contributed by atoms with van der Waals surface area (Å²) in [5, 5.41) is 0. The van der Waals surface area contributed by atoms with Crippen molar-refractivity contribution < 1.29 is 4.79 Å². The summed E-state index contributed by atoms with van der Waals surface area (Å²) < 4.78 is 0. The molecule has 3 heteroatoms. The van der Waals surface area contributed by atoms with Crippen molar-refractivity contribution in [2.24, 2.45) is 4.99 Å². The fourth-order valence-electron chi connectivity index (χ4n) is 1.84. The fourth-order valence-corrected chi connectivity index (χ4v) is 1.84. The van der Waals surface area contributed by atoms with Gasteiger partial charge in [-0.05, 0) is 12.8 Å². The van der Waals surface area contributed by atoms with E-state index in [1.807, 2.05) is 4.90 Å². The van der Waals surface area contributed by atoms with Crippen molar-refractivity contribution in [3.63, 3.8) is 0 Å². The van der Waals surface area contributed by atoms with Crippen molar-refractivity contribution >= 4 is 11.7 Å². The molecule has 0 aromatic carbocycles. The lowest BCUT2D eigenvalue weighted by Gasteiger charge is -2.25. The van der Waals surface area contributed by atoms with Crippen LogP contribution in [-0.2, 0) is 4.79 Å². The van der Waals surface area contributed by atoms with Gasteiger partial charge in [0.2, 0.25) is 5.91 Å². The van der Waals surface area contributed by atoms with Crippen LogP contribution in [0.5, 0.6) is 0 Å². The first-order valence-electron chi connectivity index (χ1n) is 4.71. The van der Waals surface area contributed by atoms with Crippen LogP contribution >= 0.6 is 0 Å². The third-order valence-electron chi connectivity index (χ3n) is 2.51. The van der Waals surface area contributed by atoms with Gasteiger partial charge in [0.05, 0.1) is 0 Å². The van der Waals surface area contributed by atoms with Gasteiger partial charge in [-0.2, -0.15) is 0 Å². The molecule has 2 aliphatic rings. The standard InChI is InChI=1S/C9H14N2O/c12-9-5-6-10-8-4-2-1-3-7-11(8)9/h1-7H2. The van der Waals surface area contributed by atoms with E-state index in [0.29, 0.717) is 13.0 Å². The molecule has 0 spiro atoms. The number of rotatable bonds is 0. The molecular formula is C9H14N2O. The Morgan fingerprint density at radius 2 is 2.08 bits per heavy atom. The normalized spacial score (nSPS) is 24.5. The van der Waals surface area contributed by atoms with Crippen LogP contribution in [0.15, 0.2) is 4.99 Å². The number of aliphatic imine (C=N–C) groups is 1. The second-order valence-electron chi connectivity index (χ2n) is 3.40. The van der Waals surface area contributed by atoms with Gasteiger partial charge in [-0.25, -0.2) is 0 Å². The number of nitrogens with zero attached hydrogens (tertiary/aromatic N) is 2. The van der Waals surface area contributed by atoms with E-state index in [0.717, 1.165) is 25.2 Å². The number of amidine groups is 1. The molecule has 0 N–H and O–H groups in total. The lowest BCUT2D eigenvalue weighted by molar-refractivity contribution is -0.127. The second kappa shape index (κ2) is 3.25. The van der Waals surface area contributed by atoms with E-state index in [2.05, 4.69) is 4.99 Å². The van der Waals surface area contributed by atoms with Crippen LogP contribution in [0.4, 0.5) is 0 Å². The Labute approximate surface area is 72.5 Å². The van der Waals surface area contributed by atoms with Crippen molar-refractivity contribution in [1.29, 1.82) is 0 Å². The molecule has 0 atom stereocenters.